The molecule has 0 spiro atoms. The normalized spacial score (nSPS) is 11.0. The molecule has 13 heavy (non-hydrogen) atoms. The molecule has 2 rings (SSSR count). The minimum Gasteiger partial charge on any atom is -0.341 e. The zero-order valence-electron chi connectivity index (χ0n) is 6.44. The maximum absolute atomic E-state index is 5.68. The predicted octanol–water partition coefficient (Wildman–Crippen LogP) is 3.67. The van der Waals surface area contributed by atoms with E-state index in [2.05, 4.69) is 48.5 Å². The van der Waals surface area contributed by atoms with Gasteiger partial charge in [0.15, 0.2) is 0 Å². The Balaban J connectivity index is 2.75. The van der Waals surface area contributed by atoms with Crippen LogP contribution in [0.25, 0.3) is 11.0 Å². The first-order chi connectivity index (χ1) is 6.20. The summed E-state index contributed by atoms with van der Waals surface area (Å²) in [5, 5.41) is 0. The lowest BCUT2D eigenvalue weighted by atomic mass is 10.3. The second-order valence-electron chi connectivity index (χ2n) is 2.60. The van der Waals surface area contributed by atoms with Crippen molar-refractivity contribution in [3.8, 4) is 0 Å². The van der Waals surface area contributed by atoms with E-state index in [4.69, 9.17) is 11.6 Å². The van der Waals surface area contributed by atoms with Crippen molar-refractivity contribution in [2.75, 3.05) is 0 Å². The van der Waals surface area contributed by atoms with Crippen molar-refractivity contribution in [3.63, 3.8) is 0 Å². The molecule has 0 saturated heterocycles. The molecule has 0 saturated carbocycles. The lowest BCUT2D eigenvalue weighted by Gasteiger charge is -1.93. The van der Waals surface area contributed by atoms with Gasteiger partial charge in [0.1, 0.15) is 11.3 Å². The molecule has 1 N–H and O–H groups in total. The Morgan fingerprint density at radius 1 is 1.54 bits per heavy atom. The molecule has 1 aromatic heterocycles. The first-order valence-electron chi connectivity index (χ1n) is 3.60. The second-order valence-corrected chi connectivity index (χ2v) is 4.97. The smallest absolute Gasteiger partial charge is 0.122 e. The van der Waals surface area contributed by atoms with Crippen LogP contribution in [-0.4, -0.2) is 9.97 Å². The molecule has 1 heterocycles. The number of aromatic nitrogens is 2. The quantitative estimate of drug-likeness (QED) is 0.601. The number of rotatable bonds is 1. The Bertz CT molecular complexity index is 455. The van der Waals surface area contributed by atoms with Gasteiger partial charge in [-0.1, -0.05) is 0 Å². The highest BCUT2D eigenvalue weighted by Crippen LogP contribution is 2.25. The number of nitrogens with one attached hydrogen (secondary N) is 1. The molecule has 0 bridgehead atoms. The number of hydrogen-bond donors (Lipinski definition) is 1. The van der Waals surface area contributed by atoms with Gasteiger partial charge in [0.05, 0.1) is 11.4 Å². The van der Waals surface area contributed by atoms with E-state index in [0.717, 1.165) is 21.3 Å². The van der Waals surface area contributed by atoms with Crippen LogP contribution < -0.4 is 0 Å². The molecule has 1 aromatic carbocycles. The monoisotopic (exact) mass is 370 g/mol. The summed E-state index contributed by atoms with van der Waals surface area (Å²) in [4.78, 5) is 7.48. The van der Waals surface area contributed by atoms with Crippen molar-refractivity contribution in [1.82, 2.24) is 9.97 Å². The van der Waals surface area contributed by atoms with Crippen LogP contribution in [0.15, 0.2) is 16.6 Å². The standard InChI is InChI=1S/C8H5BrClIN2/c9-5-1-4(11)2-6-8(5)13-7(3-10)12-6/h1-2H,3H2,(H,12,13). The Hall–Kier alpha value is 0.190. The summed E-state index contributed by atoms with van der Waals surface area (Å²) in [5.74, 6) is 1.22. The highest BCUT2D eigenvalue weighted by Gasteiger charge is 2.05. The molecule has 0 aliphatic rings. The van der Waals surface area contributed by atoms with E-state index < -0.39 is 0 Å². The van der Waals surface area contributed by atoms with E-state index in [9.17, 15) is 0 Å². The minimum atomic E-state index is 0.414. The summed E-state index contributed by atoms with van der Waals surface area (Å²) < 4.78 is 2.17. The van der Waals surface area contributed by atoms with Gasteiger partial charge in [-0.05, 0) is 50.7 Å². The zero-order valence-corrected chi connectivity index (χ0v) is 10.9. The Morgan fingerprint density at radius 2 is 2.31 bits per heavy atom. The fourth-order valence-electron chi connectivity index (χ4n) is 1.16. The largest absolute Gasteiger partial charge is 0.341 e. The van der Waals surface area contributed by atoms with Gasteiger partial charge in [0, 0.05) is 8.04 Å². The van der Waals surface area contributed by atoms with E-state index in [1.165, 1.54) is 3.57 Å². The highest BCUT2D eigenvalue weighted by atomic mass is 127. The van der Waals surface area contributed by atoms with Crippen molar-refractivity contribution in [1.29, 1.82) is 0 Å². The van der Waals surface area contributed by atoms with Crippen molar-refractivity contribution in [2.45, 2.75) is 5.88 Å². The number of nitrogens with zero attached hydrogens (tertiary/aromatic N) is 1. The second kappa shape index (κ2) is 3.74. The van der Waals surface area contributed by atoms with Crippen LogP contribution >= 0.6 is 50.1 Å². The number of H-pyrrole nitrogens is 1. The highest BCUT2D eigenvalue weighted by molar-refractivity contribution is 14.1. The summed E-state index contributed by atoms with van der Waals surface area (Å²) in [6, 6.07) is 4.07. The molecular formula is C8H5BrClIN2. The molecule has 0 amide bonds. The predicted molar refractivity (Wildman–Crippen MR) is 66.1 cm³/mol. The van der Waals surface area contributed by atoms with Gasteiger partial charge >= 0.3 is 0 Å². The summed E-state index contributed by atoms with van der Waals surface area (Å²) in [6.07, 6.45) is 0. The number of halogens is 3. The number of aromatic amines is 1. The summed E-state index contributed by atoms with van der Waals surface area (Å²) >= 11 is 11.4. The van der Waals surface area contributed by atoms with E-state index >= 15 is 0 Å². The molecule has 0 aliphatic heterocycles. The molecule has 0 radical (unpaired) electrons. The van der Waals surface area contributed by atoms with E-state index in [1.807, 2.05) is 12.1 Å². The van der Waals surface area contributed by atoms with Gasteiger partial charge in [-0.2, -0.15) is 0 Å². The van der Waals surface area contributed by atoms with Gasteiger partial charge in [-0.25, -0.2) is 4.98 Å². The van der Waals surface area contributed by atoms with Crippen LogP contribution in [0.4, 0.5) is 0 Å². The summed E-state index contributed by atoms with van der Waals surface area (Å²) in [6.45, 7) is 0. The third-order valence-corrected chi connectivity index (χ3v) is 3.16. The number of alkyl halides is 1. The van der Waals surface area contributed by atoms with Crippen LogP contribution in [-0.2, 0) is 5.88 Å². The van der Waals surface area contributed by atoms with Crippen molar-refractivity contribution in [3.05, 3.63) is 26.0 Å². The number of imidazole rings is 1. The number of fused-ring (bicyclic) bond motifs is 1. The SMILES string of the molecule is ClCc1nc2c(Br)cc(I)cc2[nH]1. The number of hydrogen-bond acceptors (Lipinski definition) is 1. The average Bonchev–Trinajstić information content (AvgIpc) is 2.47. The van der Waals surface area contributed by atoms with Gasteiger partial charge in [-0.3, -0.25) is 0 Å². The summed E-state index contributed by atoms with van der Waals surface area (Å²) in [5.41, 5.74) is 1.96. The Labute approximate surface area is 102 Å². The molecular weight excluding hydrogens is 366 g/mol. The first kappa shape index (κ1) is 9.73. The van der Waals surface area contributed by atoms with Gasteiger partial charge in [0.25, 0.3) is 0 Å². The minimum absolute atomic E-state index is 0.414. The van der Waals surface area contributed by atoms with E-state index in [0.29, 0.717) is 5.88 Å². The van der Waals surface area contributed by atoms with E-state index in [-0.39, 0.29) is 0 Å². The third-order valence-electron chi connectivity index (χ3n) is 1.68. The maximum Gasteiger partial charge on any atom is 0.122 e. The van der Waals surface area contributed by atoms with Crippen LogP contribution in [0, 0.1) is 3.57 Å². The van der Waals surface area contributed by atoms with E-state index in [1.54, 1.807) is 0 Å². The molecule has 5 heteroatoms. The van der Waals surface area contributed by atoms with Crippen LogP contribution in [0.2, 0.25) is 0 Å². The molecule has 0 atom stereocenters. The molecule has 2 aromatic rings. The maximum atomic E-state index is 5.68. The van der Waals surface area contributed by atoms with Gasteiger partial charge in [0.2, 0.25) is 0 Å². The fraction of sp³-hybridized carbons (Fsp3) is 0.125. The van der Waals surface area contributed by atoms with Crippen LogP contribution in [0.5, 0.6) is 0 Å². The van der Waals surface area contributed by atoms with Crippen LogP contribution in [0.1, 0.15) is 5.82 Å². The van der Waals surface area contributed by atoms with Crippen LogP contribution in [0.3, 0.4) is 0 Å². The molecule has 68 valence electrons. The molecule has 0 fully saturated rings. The van der Waals surface area contributed by atoms with Gasteiger partial charge in [-0.15, -0.1) is 11.6 Å². The van der Waals surface area contributed by atoms with Crippen molar-refractivity contribution in [2.24, 2.45) is 0 Å². The molecule has 0 unspecified atom stereocenters. The number of benzene rings is 1. The van der Waals surface area contributed by atoms with Crippen molar-refractivity contribution >= 4 is 61.2 Å². The first-order valence-corrected chi connectivity index (χ1v) is 6.01. The molecule has 0 aliphatic carbocycles. The third kappa shape index (κ3) is 1.85. The van der Waals surface area contributed by atoms with Gasteiger partial charge < -0.3 is 4.98 Å². The Morgan fingerprint density at radius 3 is 3.00 bits per heavy atom. The lowest BCUT2D eigenvalue weighted by Crippen LogP contribution is -1.77. The van der Waals surface area contributed by atoms with Crippen molar-refractivity contribution < 1.29 is 0 Å². The topological polar surface area (TPSA) is 28.7 Å². The zero-order chi connectivity index (χ0) is 9.42. The summed E-state index contributed by atoms with van der Waals surface area (Å²) in [7, 11) is 0. The molecule has 2 nitrogen and oxygen atoms in total. The average molecular weight is 371 g/mol. The Kier molecular flexibility index (Phi) is 2.80. The fourth-order valence-corrected chi connectivity index (χ4v) is 2.88. The lowest BCUT2D eigenvalue weighted by molar-refractivity contribution is 1.13.